The second-order valence-corrected chi connectivity index (χ2v) is 17.6. The summed E-state index contributed by atoms with van der Waals surface area (Å²) >= 11 is 0. The minimum atomic E-state index is -3.82. The van der Waals surface area contributed by atoms with Crippen molar-refractivity contribution in [3.63, 3.8) is 0 Å². The first-order valence-corrected chi connectivity index (χ1v) is 16.2. The van der Waals surface area contributed by atoms with E-state index in [2.05, 4.69) is 38.8 Å². The minimum absolute atomic E-state index is 0.000601. The fourth-order valence-electron chi connectivity index (χ4n) is 4.57. The van der Waals surface area contributed by atoms with Crippen LogP contribution in [0.5, 0.6) is 0 Å². The molecule has 0 spiro atoms. The van der Waals surface area contributed by atoms with Crippen LogP contribution >= 0.6 is 0 Å². The lowest BCUT2D eigenvalue weighted by Crippen LogP contribution is -2.48. The van der Waals surface area contributed by atoms with E-state index in [0.29, 0.717) is 16.6 Å². The summed E-state index contributed by atoms with van der Waals surface area (Å²) in [7, 11) is -3.98. The van der Waals surface area contributed by atoms with E-state index < -0.39 is 18.3 Å². The van der Waals surface area contributed by atoms with Crippen LogP contribution in [0.25, 0.3) is 22.1 Å². The molecule has 0 bridgehead atoms. The van der Waals surface area contributed by atoms with E-state index in [-0.39, 0.29) is 27.8 Å². The summed E-state index contributed by atoms with van der Waals surface area (Å²) in [4.78, 5) is 17.9. The summed E-state index contributed by atoms with van der Waals surface area (Å²) in [5, 5.41) is 0.771. The molecule has 0 aliphatic heterocycles. The molecular weight excluding hydrogens is 480 g/mol. The van der Waals surface area contributed by atoms with Gasteiger partial charge in [0.2, 0.25) is 0 Å². The molecule has 0 amide bonds. The third-order valence-electron chi connectivity index (χ3n) is 7.73. The van der Waals surface area contributed by atoms with Gasteiger partial charge in [0.05, 0.1) is 22.1 Å². The number of pyridine rings is 1. The molecule has 3 aromatic heterocycles. The van der Waals surface area contributed by atoms with Gasteiger partial charge in [-0.05, 0) is 49.2 Å². The topological polar surface area (TPSA) is 88.1 Å². The molecule has 1 aromatic carbocycles. The molecule has 10 heteroatoms. The van der Waals surface area contributed by atoms with Gasteiger partial charge in [-0.15, -0.1) is 0 Å². The molecule has 1 aliphatic carbocycles. The molecule has 5 rings (SSSR count). The van der Waals surface area contributed by atoms with Gasteiger partial charge in [-0.25, -0.2) is 22.2 Å². The average Bonchev–Trinajstić information content (AvgIpc) is 3.31. The van der Waals surface area contributed by atoms with E-state index in [4.69, 9.17) is 4.43 Å². The van der Waals surface area contributed by atoms with Gasteiger partial charge >= 0.3 is 5.69 Å². The molecule has 0 atom stereocenters. The normalized spacial score (nSPS) is 19.4. The summed E-state index contributed by atoms with van der Waals surface area (Å²) in [5.41, 5.74) is 1.60. The summed E-state index contributed by atoms with van der Waals surface area (Å²) < 4.78 is 37.7. The fraction of sp³-hybridized carbons (Fsp3) is 0.440. The minimum Gasteiger partial charge on any atom is -0.414 e. The predicted molar refractivity (Wildman–Crippen MR) is 140 cm³/mol. The molecule has 0 radical (unpaired) electrons. The molecule has 1 fully saturated rings. The van der Waals surface area contributed by atoms with E-state index in [0.717, 1.165) is 18.4 Å². The number of fused-ring (bicyclic) bond motifs is 3. The van der Waals surface area contributed by atoms with E-state index in [1.165, 1.54) is 10.2 Å². The van der Waals surface area contributed by atoms with Gasteiger partial charge in [0, 0.05) is 30.8 Å². The Morgan fingerprint density at radius 3 is 2.37 bits per heavy atom. The summed E-state index contributed by atoms with van der Waals surface area (Å²) in [6.45, 7) is 11.2. The standard InChI is InChI=1S/C25H32N4O4SSi/c1-25(2,3)35(5,6)33-18-14-17(15-18)29-22-20-12-13-28(34(31,32)19-10-8-7-9-11-19)23(20)26-16-21(22)27(4)24(29)30/h7-13,16-18H,14-15H2,1-6H3. The van der Waals surface area contributed by atoms with Crippen molar-refractivity contribution < 1.29 is 12.8 Å². The number of imidazole rings is 1. The van der Waals surface area contributed by atoms with Crippen LogP contribution in [0.4, 0.5) is 0 Å². The van der Waals surface area contributed by atoms with Crippen LogP contribution in [-0.2, 0) is 21.5 Å². The molecule has 0 unspecified atom stereocenters. The van der Waals surface area contributed by atoms with E-state index in [1.807, 2.05) is 4.57 Å². The van der Waals surface area contributed by atoms with Gasteiger partial charge in [-0.1, -0.05) is 39.0 Å². The van der Waals surface area contributed by atoms with Crippen LogP contribution in [0.2, 0.25) is 18.1 Å². The predicted octanol–water partition coefficient (Wildman–Crippen LogP) is 4.65. The van der Waals surface area contributed by atoms with Gasteiger partial charge < -0.3 is 4.43 Å². The van der Waals surface area contributed by atoms with Gasteiger partial charge in [0.1, 0.15) is 0 Å². The number of aryl methyl sites for hydroxylation is 1. The maximum atomic E-state index is 13.3. The molecule has 0 saturated heterocycles. The maximum absolute atomic E-state index is 13.3. The molecule has 35 heavy (non-hydrogen) atoms. The second kappa shape index (κ2) is 7.91. The SMILES string of the molecule is Cn1c(=O)n(C2CC(O[Si](C)(C)C(C)(C)C)C2)c2c3ccn(S(=O)(=O)c4ccccc4)c3ncc21. The van der Waals surface area contributed by atoms with Crippen LogP contribution in [0.3, 0.4) is 0 Å². The monoisotopic (exact) mass is 512 g/mol. The summed E-state index contributed by atoms with van der Waals surface area (Å²) in [6.07, 6.45) is 4.76. The van der Waals surface area contributed by atoms with Crippen molar-refractivity contribution in [3.8, 4) is 0 Å². The molecule has 8 nitrogen and oxygen atoms in total. The molecule has 4 aromatic rings. The molecule has 186 valence electrons. The average molecular weight is 513 g/mol. The quantitative estimate of drug-likeness (QED) is 0.363. The maximum Gasteiger partial charge on any atom is 0.329 e. The lowest BCUT2D eigenvalue weighted by atomic mass is 9.89. The second-order valence-electron chi connectivity index (χ2n) is 11.0. The molecule has 1 aliphatic rings. The van der Waals surface area contributed by atoms with Crippen molar-refractivity contribution in [2.45, 2.75) is 68.8 Å². The van der Waals surface area contributed by atoms with Crippen molar-refractivity contribution in [3.05, 3.63) is 59.3 Å². The van der Waals surface area contributed by atoms with Crippen molar-refractivity contribution in [1.29, 1.82) is 0 Å². The highest BCUT2D eigenvalue weighted by molar-refractivity contribution is 7.90. The highest BCUT2D eigenvalue weighted by Crippen LogP contribution is 2.43. The van der Waals surface area contributed by atoms with Gasteiger partial charge in [-0.3, -0.25) is 9.13 Å². The summed E-state index contributed by atoms with van der Waals surface area (Å²) in [5.74, 6) is 0. The Morgan fingerprint density at radius 2 is 1.74 bits per heavy atom. The number of hydrogen-bond donors (Lipinski definition) is 0. The Hall–Kier alpha value is -2.69. The zero-order chi connectivity index (χ0) is 25.3. The number of nitrogens with zero attached hydrogens (tertiary/aromatic N) is 4. The van der Waals surface area contributed by atoms with Crippen molar-refractivity contribution >= 4 is 40.4 Å². The first kappa shape index (κ1) is 24.0. The fourth-order valence-corrected chi connectivity index (χ4v) is 7.28. The van der Waals surface area contributed by atoms with Crippen LogP contribution in [0.1, 0.15) is 39.7 Å². The van der Waals surface area contributed by atoms with Crippen molar-refractivity contribution in [2.75, 3.05) is 0 Å². The molecular formula is C25H32N4O4SSi. The lowest BCUT2D eigenvalue weighted by molar-refractivity contribution is 0.0581. The first-order valence-electron chi connectivity index (χ1n) is 11.9. The first-order chi connectivity index (χ1) is 16.3. The van der Waals surface area contributed by atoms with Crippen LogP contribution in [0.15, 0.2) is 58.5 Å². The lowest BCUT2D eigenvalue weighted by Gasteiger charge is -2.45. The van der Waals surface area contributed by atoms with Crippen LogP contribution in [0, 0.1) is 0 Å². The van der Waals surface area contributed by atoms with E-state index in [1.54, 1.807) is 54.2 Å². The van der Waals surface area contributed by atoms with Gasteiger partial charge in [0.15, 0.2) is 14.0 Å². The Balaban J connectivity index is 1.56. The zero-order valence-electron chi connectivity index (χ0n) is 21.0. The molecule has 3 heterocycles. The zero-order valence-corrected chi connectivity index (χ0v) is 22.8. The number of hydrogen-bond acceptors (Lipinski definition) is 5. The number of aromatic nitrogens is 4. The summed E-state index contributed by atoms with van der Waals surface area (Å²) in [6, 6.07) is 10.0. The highest BCUT2D eigenvalue weighted by Gasteiger charge is 2.43. The van der Waals surface area contributed by atoms with E-state index >= 15 is 0 Å². The largest absolute Gasteiger partial charge is 0.414 e. The highest BCUT2D eigenvalue weighted by atomic mass is 32.2. The Bertz CT molecular complexity index is 1590. The van der Waals surface area contributed by atoms with Crippen molar-refractivity contribution in [1.82, 2.24) is 18.1 Å². The third kappa shape index (κ3) is 3.69. The van der Waals surface area contributed by atoms with Crippen LogP contribution in [-0.4, -0.2) is 40.9 Å². The molecule has 0 N–H and O–H groups in total. The molecule has 1 saturated carbocycles. The van der Waals surface area contributed by atoms with Gasteiger partial charge in [0.25, 0.3) is 10.0 Å². The van der Waals surface area contributed by atoms with Gasteiger partial charge in [-0.2, -0.15) is 0 Å². The number of rotatable bonds is 5. The Kier molecular flexibility index (Phi) is 5.43. The Morgan fingerprint density at radius 1 is 1.09 bits per heavy atom. The van der Waals surface area contributed by atoms with Crippen molar-refractivity contribution in [2.24, 2.45) is 7.05 Å². The Labute approximate surface area is 206 Å². The van der Waals surface area contributed by atoms with Crippen LogP contribution < -0.4 is 5.69 Å². The smallest absolute Gasteiger partial charge is 0.329 e. The third-order valence-corrected chi connectivity index (χ3v) is 13.9. The number of benzene rings is 1. The van der Waals surface area contributed by atoms with E-state index in [9.17, 15) is 13.2 Å².